The molecule has 10 heteroatoms. The van der Waals surface area contributed by atoms with Gasteiger partial charge in [0.1, 0.15) is 17.2 Å². The van der Waals surface area contributed by atoms with Crippen LogP contribution < -0.4 is 10.6 Å². The van der Waals surface area contributed by atoms with Crippen LogP contribution in [-0.2, 0) is 10.3 Å². The van der Waals surface area contributed by atoms with Gasteiger partial charge in [-0.05, 0) is 52.5 Å². The monoisotopic (exact) mass is 441 g/mol. The van der Waals surface area contributed by atoms with Crippen molar-refractivity contribution in [2.45, 2.75) is 77.0 Å². The smallest absolute Gasteiger partial charge is 0.407 e. The maximum atomic E-state index is 12.0. The Hall–Kier alpha value is -3.14. The molecule has 4 rings (SSSR count). The van der Waals surface area contributed by atoms with E-state index in [4.69, 9.17) is 4.74 Å². The van der Waals surface area contributed by atoms with Crippen molar-refractivity contribution >= 4 is 23.2 Å². The average molecular weight is 442 g/mol. The fraction of sp³-hybridized carbons (Fsp3) is 0.545. The van der Waals surface area contributed by atoms with Crippen LogP contribution in [-0.4, -0.2) is 48.1 Å². The molecule has 3 unspecified atom stereocenters. The predicted molar refractivity (Wildman–Crippen MR) is 120 cm³/mol. The van der Waals surface area contributed by atoms with Crippen LogP contribution in [0.4, 0.5) is 16.4 Å². The highest BCUT2D eigenvalue weighted by Gasteiger charge is 2.30. The lowest BCUT2D eigenvalue weighted by Gasteiger charge is -2.16. The van der Waals surface area contributed by atoms with E-state index in [0.29, 0.717) is 17.3 Å². The molecule has 172 valence electrons. The van der Waals surface area contributed by atoms with Crippen molar-refractivity contribution in [3.8, 4) is 0 Å². The average Bonchev–Trinajstić information content (AvgIpc) is 3.46. The summed E-state index contributed by atoms with van der Waals surface area (Å²) < 4.78 is 7.26. The summed E-state index contributed by atoms with van der Waals surface area (Å²) in [5, 5.41) is 28.2. The number of hydrogen-bond donors (Lipinski definition) is 4. The third-order valence-corrected chi connectivity index (χ3v) is 5.94. The Morgan fingerprint density at radius 3 is 2.97 bits per heavy atom. The number of aromatic amines is 1. The van der Waals surface area contributed by atoms with Crippen molar-refractivity contribution in [1.29, 1.82) is 0 Å². The van der Waals surface area contributed by atoms with Gasteiger partial charge in [-0.2, -0.15) is 10.2 Å². The Balaban J connectivity index is 1.41. The normalized spacial score (nSPS) is 19.8. The molecule has 0 radical (unpaired) electrons. The standard InChI is InChI=1S/C22H31N7O3/c1-5-13(2)24-21(30)32-15-7-6-14(10-15)16-11-19(27-26-16)25-20-17-12-18(22(3,4)31)28-29(17)9-8-23-20/h8-9,11-15,31H,5-7,10H2,1-4H3,(H,24,30)(H2,23,25,26,27). The second-order valence-electron chi connectivity index (χ2n) is 9.02. The van der Waals surface area contributed by atoms with E-state index in [1.807, 2.05) is 26.0 Å². The van der Waals surface area contributed by atoms with Gasteiger partial charge < -0.3 is 20.5 Å². The molecule has 10 nitrogen and oxygen atoms in total. The van der Waals surface area contributed by atoms with Gasteiger partial charge >= 0.3 is 6.09 Å². The third kappa shape index (κ3) is 4.85. The fourth-order valence-corrected chi connectivity index (χ4v) is 3.87. The van der Waals surface area contributed by atoms with Crippen molar-refractivity contribution < 1.29 is 14.6 Å². The van der Waals surface area contributed by atoms with Crippen LogP contribution in [0, 0.1) is 0 Å². The molecule has 3 heterocycles. The zero-order valence-electron chi connectivity index (χ0n) is 18.9. The van der Waals surface area contributed by atoms with Crippen LogP contribution in [0.3, 0.4) is 0 Å². The lowest BCUT2D eigenvalue weighted by atomic mass is 10.0. The highest BCUT2D eigenvalue weighted by molar-refractivity contribution is 5.72. The largest absolute Gasteiger partial charge is 0.446 e. The molecule has 1 saturated carbocycles. The van der Waals surface area contributed by atoms with Crippen molar-refractivity contribution in [3.63, 3.8) is 0 Å². The Kier molecular flexibility index (Phi) is 6.05. The van der Waals surface area contributed by atoms with Crippen molar-refractivity contribution in [2.24, 2.45) is 0 Å². The van der Waals surface area contributed by atoms with Gasteiger partial charge in [-0.1, -0.05) is 6.92 Å². The molecule has 4 N–H and O–H groups in total. The summed E-state index contributed by atoms with van der Waals surface area (Å²) in [5.74, 6) is 1.49. The van der Waals surface area contributed by atoms with Gasteiger partial charge in [0, 0.05) is 36.1 Å². The number of H-pyrrole nitrogens is 1. The van der Waals surface area contributed by atoms with E-state index in [-0.39, 0.29) is 24.2 Å². The van der Waals surface area contributed by atoms with Gasteiger partial charge in [0.25, 0.3) is 0 Å². The first-order valence-electron chi connectivity index (χ1n) is 11.1. The molecule has 3 aromatic heterocycles. The number of aliphatic hydroxyl groups is 1. The lowest BCUT2D eigenvalue weighted by molar-refractivity contribution is 0.0735. The van der Waals surface area contributed by atoms with E-state index in [1.54, 1.807) is 30.8 Å². The maximum Gasteiger partial charge on any atom is 0.407 e. The second-order valence-corrected chi connectivity index (χ2v) is 9.02. The van der Waals surface area contributed by atoms with E-state index >= 15 is 0 Å². The van der Waals surface area contributed by atoms with E-state index in [9.17, 15) is 9.90 Å². The summed E-state index contributed by atoms with van der Waals surface area (Å²) >= 11 is 0. The molecule has 3 atom stereocenters. The molecule has 0 bridgehead atoms. The molecule has 1 fully saturated rings. The van der Waals surface area contributed by atoms with Gasteiger partial charge in [0.15, 0.2) is 11.6 Å². The summed E-state index contributed by atoms with van der Waals surface area (Å²) in [6, 6.07) is 3.88. The molecule has 0 aliphatic heterocycles. The summed E-state index contributed by atoms with van der Waals surface area (Å²) in [7, 11) is 0. The highest BCUT2D eigenvalue weighted by atomic mass is 16.6. The molecule has 1 aliphatic rings. The lowest BCUT2D eigenvalue weighted by Crippen LogP contribution is -2.34. The van der Waals surface area contributed by atoms with E-state index < -0.39 is 5.60 Å². The summed E-state index contributed by atoms with van der Waals surface area (Å²) in [6.45, 7) is 7.38. The summed E-state index contributed by atoms with van der Waals surface area (Å²) in [6.07, 6.45) is 6.34. The number of fused-ring (bicyclic) bond motifs is 1. The molecule has 1 amide bonds. The number of aromatic nitrogens is 5. The molecule has 0 aromatic carbocycles. The first kappa shape index (κ1) is 22.1. The van der Waals surface area contributed by atoms with Crippen LogP contribution in [0.2, 0.25) is 0 Å². The van der Waals surface area contributed by atoms with Crippen LogP contribution in [0.15, 0.2) is 24.5 Å². The number of rotatable bonds is 7. The van der Waals surface area contributed by atoms with Gasteiger partial charge in [-0.15, -0.1) is 0 Å². The number of carbonyl (C=O) groups is 1. The van der Waals surface area contributed by atoms with Crippen molar-refractivity contribution in [1.82, 2.24) is 30.1 Å². The van der Waals surface area contributed by atoms with Crippen LogP contribution in [0.1, 0.15) is 70.7 Å². The van der Waals surface area contributed by atoms with E-state index in [1.165, 1.54) is 0 Å². The highest BCUT2D eigenvalue weighted by Crippen LogP contribution is 2.36. The minimum Gasteiger partial charge on any atom is -0.446 e. The van der Waals surface area contributed by atoms with Crippen LogP contribution in [0.5, 0.6) is 0 Å². The number of amides is 1. The number of hydrogen-bond acceptors (Lipinski definition) is 7. The number of nitrogens with zero attached hydrogens (tertiary/aromatic N) is 4. The van der Waals surface area contributed by atoms with Crippen molar-refractivity contribution in [3.05, 3.63) is 35.9 Å². The third-order valence-electron chi connectivity index (χ3n) is 5.94. The maximum absolute atomic E-state index is 12.0. The fourth-order valence-electron chi connectivity index (χ4n) is 3.87. The molecule has 1 aliphatic carbocycles. The number of alkyl carbamates (subject to hydrolysis) is 1. The zero-order chi connectivity index (χ0) is 22.9. The van der Waals surface area contributed by atoms with Gasteiger partial charge in [-0.25, -0.2) is 14.3 Å². The molecule has 32 heavy (non-hydrogen) atoms. The summed E-state index contributed by atoms with van der Waals surface area (Å²) in [5.41, 5.74) is 1.26. The van der Waals surface area contributed by atoms with Gasteiger partial charge in [0.2, 0.25) is 0 Å². The topological polar surface area (TPSA) is 129 Å². The number of anilines is 2. The Morgan fingerprint density at radius 2 is 2.22 bits per heavy atom. The molecule has 3 aromatic rings. The quantitative estimate of drug-likeness (QED) is 0.441. The van der Waals surface area contributed by atoms with Gasteiger partial charge in [-0.3, -0.25) is 5.10 Å². The van der Waals surface area contributed by atoms with Gasteiger partial charge in [0.05, 0.1) is 5.69 Å². The molecule has 0 saturated heterocycles. The second kappa shape index (κ2) is 8.78. The van der Waals surface area contributed by atoms with Crippen molar-refractivity contribution in [2.75, 3.05) is 5.32 Å². The number of ether oxygens (including phenoxy) is 1. The van der Waals surface area contributed by atoms with Crippen LogP contribution in [0.25, 0.3) is 5.52 Å². The Morgan fingerprint density at radius 1 is 1.41 bits per heavy atom. The minimum atomic E-state index is -1.05. The summed E-state index contributed by atoms with van der Waals surface area (Å²) in [4.78, 5) is 16.4. The number of carbonyl (C=O) groups excluding carboxylic acids is 1. The van der Waals surface area contributed by atoms with E-state index in [0.717, 1.165) is 36.9 Å². The molecular formula is C22H31N7O3. The Bertz CT molecular complexity index is 1080. The Labute approximate surface area is 186 Å². The molecule has 0 spiro atoms. The SMILES string of the molecule is CCC(C)NC(=O)OC1CCC(c2cc(Nc3nccn4nc(C(C)(C)O)cc34)n[nH]2)C1. The first-order chi connectivity index (χ1) is 15.2. The van der Waals surface area contributed by atoms with Crippen LogP contribution >= 0.6 is 0 Å². The molecular weight excluding hydrogens is 410 g/mol. The number of nitrogens with one attached hydrogen (secondary N) is 3. The predicted octanol–water partition coefficient (Wildman–Crippen LogP) is 3.58. The van der Waals surface area contributed by atoms with E-state index in [2.05, 4.69) is 30.9 Å². The zero-order valence-corrected chi connectivity index (χ0v) is 18.9. The minimum absolute atomic E-state index is 0.0915. The first-order valence-corrected chi connectivity index (χ1v) is 11.1.